The highest BCUT2D eigenvalue weighted by Gasteiger charge is 2.51. The molecule has 1 aromatic heterocycles. The Morgan fingerprint density at radius 2 is 2.09 bits per heavy atom. The number of hydrogen-bond acceptors (Lipinski definition) is 6. The van der Waals surface area contributed by atoms with Gasteiger partial charge in [-0.1, -0.05) is 11.6 Å². The molecule has 6 nitrogen and oxygen atoms in total. The maximum Gasteiger partial charge on any atom is 0.234 e. The number of fused-ring (bicyclic) bond motifs is 1. The van der Waals surface area contributed by atoms with Gasteiger partial charge in [0, 0.05) is 18.4 Å². The molecule has 2 heterocycles. The molecule has 122 valence electrons. The smallest absolute Gasteiger partial charge is 0.234 e. The fraction of sp³-hybridized carbons (Fsp3) is 0.500. The number of nitrogens with one attached hydrogen (secondary N) is 1. The van der Waals surface area contributed by atoms with Crippen LogP contribution in [0.1, 0.15) is 25.2 Å². The van der Waals surface area contributed by atoms with Crippen LogP contribution in [0.4, 0.5) is 0 Å². The van der Waals surface area contributed by atoms with E-state index >= 15 is 0 Å². The van der Waals surface area contributed by atoms with Crippen LogP contribution in [0, 0.1) is 5.92 Å². The lowest BCUT2D eigenvalue weighted by atomic mass is 9.80. The number of hydrogen-bond donors (Lipinski definition) is 1. The van der Waals surface area contributed by atoms with Gasteiger partial charge in [-0.25, -0.2) is 8.42 Å². The molecule has 2 fully saturated rings. The Morgan fingerprint density at radius 1 is 1.30 bits per heavy atom. The summed E-state index contributed by atoms with van der Waals surface area (Å²) in [4.78, 5) is 4.91. The minimum absolute atomic E-state index is 0.0159. The van der Waals surface area contributed by atoms with Crippen LogP contribution in [0.25, 0.3) is 11.4 Å². The summed E-state index contributed by atoms with van der Waals surface area (Å²) in [5.74, 6) is 1.81. The first-order chi connectivity index (χ1) is 11.0. The number of nitrogens with zero attached hydrogens (tertiary/aromatic N) is 2. The molecule has 2 aromatic rings. The zero-order valence-corrected chi connectivity index (χ0v) is 13.8. The first-order valence-electron chi connectivity index (χ1n) is 7.84. The van der Waals surface area contributed by atoms with E-state index in [1.807, 2.05) is 0 Å². The van der Waals surface area contributed by atoms with Crippen molar-refractivity contribution in [1.29, 1.82) is 0 Å². The summed E-state index contributed by atoms with van der Waals surface area (Å²) in [6.07, 6.45) is 4.68. The molecule has 2 aliphatic rings. The van der Waals surface area contributed by atoms with Crippen molar-refractivity contribution in [3.8, 4) is 11.4 Å². The highest BCUT2D eigenvalue weighted by Crippen LogP contribution is 2.47. The van der Waals surface area contributed by atoms with E-state index in [9.17, 15) is 8.42 Å². The summed E-state index contributed by atoms with van der Waals surface area (Å²) in [7, 11) is -3.19. The van der Waals surface area contributed by atoms with Crippen LogP contribution < -0.4 is 5.32 Å². The van der Waals surface area contributed by atoms with Crippen LogP contribution in [0.15, 0.2) is 33.7 Å². The van der Waals surface area contributed by atoms with E-state index in [0.717, 1.165) is 25.1 Å². The van der Waals surface area contributed by atoms with E-state index in [-0.39, 0.29) is 5.41 Å². The second-order valence-corrected chi connectivity index (χ2v) is 8.61. The summed E-state index contributed by atoms with van der Waals surface area (Å²) in [6, 6.07) is 6.60. The predicted octanol–water partition coefficient (Wildman–Crippen LogP) is 1.78. The third kappa shape index (κ3) is 2.38. The van der Waals surface area contributed by atoms with Gasteiger partial charge in [0.25, 0.3) is 0 Å². The van der Waals surface area contributed by atoms with Crippen molar-refractivity contribution in [1.82, 2.24) is 15.5 Å². The van der Waals surface area contributed by atoms with Crippen molar-refractivity contribution < 1.29 is 12.9 Å². The van der Waals surface area contributed by atoms with Crippen molar-refractivity contribution >= 4 is 9.84 Å². The standard InChI is InChI=1S/C16H19N3O3S/c1-23(20,21)13-6-4-11(5-7-13)14-18-15(22-19-14)16-8-2-3-12(16)9-17-10-16/h4-7,12,17H,2-3,8-10H2,1H3/t12-,16-/m1/s1. The van der Waals surface area contributed by atoms with Gasteiger partial charge >= 0.3 is 0 Å². The first-order valence-corrected chi connectivity index (χ1v) is 9.74. The molecule has 0 amide bonds. The monoisotopic (exact) mass is 333 g/mol. The van der Waals surface area contributed by atoms with Crippen molar-refractivity contribution in [3.05, 3.63) is 30.2 Å². The van der Waals surface area contributed by atoms with E-state index in [1.54, 1.807) is 24.3 Å². The van der Waals surface area contributed by atoms with E-state index in [2.05, 4.69) is 15.5 Å². The predicted molar refractivity (Wildman–Crippen MR) is 84.7 cm³/mol. The molecule has 4 rings (SSSR count). The second-order valence-electron chi connectivity index (χ2n) is 6.60. The highest BCUT2D eigenvalue weighted by molar-refractivity contribution is 7.90. The minimum Gasteiger partial charge on any atom is -0.338 e. The molecule has 1 saturated carbocycles. The van der Waals surface area contributed by atoms with Crippen molar-refractivity contribution in [2.75, 3.05) is 19.3 Å². The first kappa shape index (κ1) is 14.8. The number of benzene rings is 1. The average Bonchev–Trinajstić information content (AvgIpc) is 3.21. The molecule has 0 unspecified atom stereocenters. The molecule has 0 bridgehead atoms. The largest absolute Gasteiger partial charge is 0.338 e. The third-order valence-corrected chi connectivity index (χ3v) is 6.31. The van der Waals surface area contributed by atoms with Gasteiger partial charge in [-0.05, 0) is 49.6 Å². The summed E-state index contributed by atoms with van der Waals surface area (Å²) < 4.78 is 28.6. The molecule has 7 heteroatoms. The van der Waals surface area contributed by atoms with Crippen LogP contribution in [-0.4, -0.2) is 37.9 Å². The molecule has 1 aromatic carbocycles. The highest BCUT2D eigenvalue weighted by atomic mass is 32.2. The van der Waals surface area contributed by atoms with Gasteiger partial charge in [-0.15, -0.1) is 0 Å². The lowest BCUT2D eigenvalue weighted by Crippen LogP contribution is -2.31. The number of rotatable bonds is 3. The van der Waals surface area contributed by atoms with E-state index in [0.29, 0.717) is 22.5 Å². The Balaban J connectivity index is 1.66. The molecule has 2 atom stereocenters. The van der Waals surface area contributed by atoms with Crippen LogP contribution in [0.5, 0.6) is 0 Å². The van der Waals surface area contributed by atoms with E-state index < -0.39 is 9.84 Å². The maximum absolute atomic E-state index is 11.5. The van der Waals surface area contributed by atoms with Crippen LogP contribution >= 0.6 is 0 Å². The van der Waals surface area contributed by atoms with Crippen LogP contribution in [0.3, 0.4) is 0 Å². The van der Waals surface area contributed by atoms with Crippen molar-refractivity contribution in [2.24, 2.45) is 5.92 Å². The number of aromatic nitrogens is 2. The van der Waals surface area contributed by atoms with Crippen molar-refractivity contribution in [3.63, 3.8) is 0 Å². The Kier molecular flexibility index (Phi) is 3.32. The zero-order chi connectivity index (χ0) is 16.1. The SMILES string of the molecule is CS(=O)(=O)c1ccc(-c2noc([C@@]34CCC[C@@H]3CNC4)n2)cc1. The van der Waals surface area contributed by atoms with Gasteiger partial charge in [0.05, 0.1) is 10.3 Å². The molecular formula is C16H19N3O3S. The van der Waals surface area contributed by atoms with Gasteiger partial charge < -0.3 is 9.84 Å². The maximum atomic E-state index is 11.5. The molecule has 0 radical (unpaired) electrons. The van der Waals surface area contributed by atoms with Gasteiger partial charge in [0.1, 0.15) is 0 Å². The fourth-order valence-corrected chi connectivity index (χ4v) is 4.53. The molecule has 1 saturated heterocycles. The Hall–Kier alpha value is -1.73. The molecule has 1 aliphatic heterocycles. The summed E-state index contributed by atoms with van der Waals surface area (Å²) in [6.45, 7) is 1.91. The Morgan fingerprint density at radius 3 is 2.83 bits per heavy atom. The van der Waals surface area contributed by atoms with E-state index in [4.69, 9.17) is 4.52 Å². The molecule has 1 N–H and O–H groups in total. The Bertz CT molecular complexity index is 817. The second kappa shape index (κ2) is 5.14. The average molecular weight is 333 g/mol. The van der Waals surface area contributed by atoms with Crippen molar-refractivity contribution in [2.45, 2.75) is 29.6 Å². The minimum atomic E-state index is -3.19. The van der Waals surface area contributed by atoms with Gasteiger partial charge in [-0.2, -0.15) is 4.98 Å². The van der Waals surface area contributed by atoms with Crippen LogP contribution in [-0.2, 0) is 15.3 Å². The molecular weight excluding hydrogens is 314 g/mol. The molecule has 23 heavy (non-hydrogen) atoms. The third-order valence-electron chi connectivity index (χ3n) is 5.18. The fourth-order valence-electron chi connectivity index (χ4n) is 3.90. The molecule has 1 aliphatic carbocycles. The molecule has 0 spiro atoms. The lowest BCUT2D eigenvalue weighted by molar-refractivity contribution is 0.265. The Labute approximate surface area is 135 Å². The zero-order valence-electron chi connectivity index (χ0n) is 12.9. The van der Waals surface area contributed by atoms with Gasteiger partial charge in [-0.3, -0.25) is 0 Å². The number of sulfone groups is 1. The van der Waals surface area contributed by atoms with Gasteiger partial charge in [0.15, 0.2) is 9.84 Å². The van der Waals surface area contributed by atoms with Gasteiger partial charge in [0.2, 0.25) is 11.7 Å². The normalized spacial score (nSPS) is 27.3. The summed E-state index contributed by atoms with van der Waals surface area (Å²) in [5, 5.41) is 7.56. The summed E-state index contributed by atoms with van der Waals surface area (Å²) >= 11 is 0. The van der Waals surface area contributed by atoms with Crippen LogP contribution in [0.2, 0.25) is 0 Å². The lowest BCUT2D eigenvalue weighted by Gasteiger charge is -2.22. The summed E-state index contributed by atoms with van der Waals surface area (Å²) in [5.41, 5.74) is 0.752. The quantitative estimate of drug-likeness (QED) is 0.921. The topological polar surface area (TPSA) is 85.1 Å². The van der Waals surface area contributed by atoms with E-state index in [1.165, 1.54) is 19.1 Å².